The highest BCUT2D eigenvalue weighted by atomic mass is 16.5. The quantitative estimate of drug-likeness (QED) is 0.839. The highest BCUT2D eigenvalue weighted by Crippen LogP contribution is 2.20. The van der Waals surface area contributed by atoms with Gasteiger partial charge in [-0.15, -0.1) is 0 Å². The molecule has 1 saturated heterocycles. The van der Waals surface area contributed by atoms with E-state index in [4.69, 9.17) is 4.74 Å². The Morgan fingerprint density at radius 1 is 1.12 bits per heavy atom. The zero-order valence-electron chi connectivity index (χ0n) is 14.9. The van der Waals surface area contributed by atoms with E-state index in [9.17, 15) is 9.59 Å². The molecule has 7 nitrogen and oxygen atoms in total. The fourth-order valence-electron chi connectivity index (χ4n) is 3.19. The molecule has 0 saturated carbocycles. The molecule has 1 aromatic heterocycles. The SMILES string of the molecule is COC(=O)N1CCCN(C(=O)c2ccc3c(c2)ncn3C(C)C)CC1. The van der Waals surface area contributed by atoms with Gasteiger partial charge in [-0.05, 0) is 38.5 Å². The summed E-state index contributed by atoms with van der Waals surface area (Å²) in [6, 6.07) is 5.98. The van der Waals surface area contributed by atoms with Gasteiger partial charge in [0, 0.05) is 37.8 Å². The lowest BCUT2D eigenvalue weighted by atomic mass is 10.1. The van der Waals surface area contributed by atoms with Crippen molar-refractivity contribution in [2.24, 2.45) is 0 Å². The molecule has 0 aliphatic carbocycles. The van der Waals surface area contributed by atoms with Gasteiger partial charge in [-0.25, -0.2) is 9.78 Å². The molecule has 0 radical (unpaired) electrons. The van der Waals surface area contributed by atoms with Crippen LogP contribution in [0, 0.1) is 0 Å². The Morgan fingerprint density at radius 2 is 1.84 bits per heavy atom. The maximum atomic E-state index is 12.8. The number of rotatable bonds is 2. The summed E-state index contributed by atoms with van der Waals surface area (Å²) in [7, 11) is 1.38. The molecule has 2 amide bonds. The lowest BCUT2D eigenvalue weighted by Gasteiger charge is -2.21. The second-order valence-electron chi connectivity index (χ2n) is 6.55. The average Bonchev–Trinajstić information content (AvgIpc) is 2.89. The van der Waals surface area contributed by atoms with Crippen LogP contribution in [0.5, 0.6) is 0 Å². The fraction of sp³-hybridized carbons (Fsp3) is 0.500. The number of nitrogens with zero attached hydrogens (tertiary/aromatic N) is 4. The fourth-order valence-corrected chi connectivity index (χ4v) is 3.19. The Hall–Kier alpha value is -2.57. The average molecular weight is 344 g/mol. The highest BCUT2D eigenvalue weighted by molar-refractivity contribution is 5.97. The Kier molecular flexibility index (Phi) is 4.92. The number of aromatic nitrogens is 2. The molecule has 0 unspecified atom stereocenters. The Bertz CT molecular complexity index is 784. The number of amides is 2. The van der Waals surface area contributed by atoms with Crippen LogP contribution in [0.4, 0.5) is 4.79 Å². The van der Waals surface area contributed by atoms with Crippen LogP contribution in [0.15, 0.2) is 24.5 Å². The van der Waals surface area contributed by atoms with Gasteiger partial charge >= 0.3 is 6.09 Å². The molecule has 2 heterocycles. The lowest BCUT2D eigenvalue weighted by molar-refractivity contribution is 0.0757. The van der Waals surface area contributed by atoms with Gasteiger partial charge in [0.25, 0.3) is 5.91 Å². The molecule has 3 rings (SSSR count). The first kappa shape index (κ1) is 17.3. The van der Waals surface area contributed by atoms with E-state index in [0.717, 1.165) is 17.5 Å². The van der Waals surface area contributed by atoms with Crippen molar-refractivity contribution in [3.8, 4) is 0 Å². The summed E-state index contributed by atoms with van der Waals surface area (Å²) in [5, 5.41) is 0. The maximum absolute atomic E-state index is 12.8. The van der Waals surface area contributed by atoms with Gasteiger partial charge in [-0.1, -0.05) is 0 Å². The lowest BCUT2D eigenvalue weighted by Crippen LogP contribution is -2.37. The topological polar surface area (TPSA) is 67.7 Å². The van der Waals surface area contributed by atoms with Gasteiger partial charge in [0.15, 0.2) is 0 Å². The second-order valence-corrected chi connectivity index (χ2v) is 6.55. The predicted molar refractivity (Wildman–Crippen MR) is 94.6 cm³/mol. The minimum atomic E-state index is -0.338. The summed E-state index contributed by atoms with van der Waals surface area (Å²) in [5.41, 5.74) is 2.48. The molecule has 134 valence electrons. The normalized spacial score (nSPS) is 15.5. The van der Waals surface area contributed by atoms with Crippen molar-refractivity contribution in [3.05, 3.63) is 30.1 Å². The summed E-state index contributed by atoms with van der Waals surface area (Å²) in [6.45, 7) is 6.43. The van der Waals surface area contributed by atoms with Crippen LogP contribution in [0.25, 0.3) is 11.0 Å². The van der Waals surface area contributed by atoms with Crippen molar-refractivity contribution >= 4 is 23.0 Å². The van der Waals surface area contributed by atoms with E-state index in [-0.39, 0.29) is 12.0 Å². The summed E-state index contributed by atoms with van der Waals surface area (Å²) in [6.07, 6.45) is 2.21. The van der Waals surface area contributed by atoms with Crippen LogP contribution >= 0.6 is 0 Å². The Morgan fingerprint density at radius 3 is 2.56 bits per heavy atom. The van der Waals surface area contributed by atoms with E-state index in [2.05, 4.69) is 23.4 Å². The van der Waals surface area contributed by atoms with Gasteiger partial charge in [-0.2, -0.15) is 0 Å². The zero-order chi connectivity index (χ0) is 18.0. The van der Waals surface area contributed by atoms with E-state index in [1.807, 2.05) is 24.5 Å². The first-order valence-corrected chi connectivity index (χ1v) is 8.60. The zero-order valence-corrected chi connectivity index (χ0v) is 14.9. The monoisotopic (exact) mass is 344 g/mol. The van der Waals surface area contributed by atoms with Crippen molar-refractivity contribution in [1.29, 1.82) is 0 Å². The summed E-state index contributed by atoms with van der Waals surface area (Å²) < 4.78 is 6.86. The molecule has 1 aromatic carbocycles. The van der Waals surface area contributed by atoms with E-state index in [0.29, 0.717) is 37.8 Å². The van der Waals surface area contributed by atoms with E-state index in [1.165, 1.54) is 7.11 Å². The third kappa shape index (κ3) is 3.45. The summed E-state index contributed by atoms with van der Waals surface area (Å²) in [5.74, 6) is -0.0206. The van der Waals surface area contributed by atoms with E-state index in [1.54, 1.807) is 9.80 Å². The summed E-state index contributed by atoms with van der Waals surface area (Å²) >= 11 is 0. The number of imidazole rings is 1. The highest BCUT2D eigenvalue weighted by Gasteiger charge is 2.23. The van der Waals surface area contributed by atoms with Crippen LogP contribution < -0.4 is 0 Å². The molecule has 0 spiro atoms. The molecule has 7 heteroatoms. The molecular weight excluding hydrogens is 320 g/mol. The maximum Gasteiger partial charge on any atom is 0.409 e. The second kappa shape index (κ2) is 7.13. The van der Waals surface area contributed by atoms with E-state index >= 15 is 0 Å². The largest absolute Gasteiger partial charge is 0.453 e. The van der Waals surface area contributed by atoms with Gasteiger partial charge in [-0.3, -0.25) is 4.79 Å². The summed E-state index contributed by atoms with van der Waals surface area (Å²) in [4.78, 5) is 32.3. The molecule has 0 atom stereocenters. The number of benzene rings is 1. The molecular formula is C18H24N4O3. The number of ether oxygens (including phenoxy) is 1. The number of fused-ring (bicyclic) bond motifs is 1. The minimum Gasteiger partial charge on any atom is -0.453 e. The number of carbonyl (C=O) groups is 2. The van der Waals surface area contributed by atoms with Crippen LogP contribution in [-0.4, -0.2) is 64.6 Å². The van der Waals surface area contributed by atoms with Crippen LogP contribution in [0.2, 0.25) is 0 Å². The number of hydrogen-bond donors (Lipinski definition) is 0. The number of carbonyl (C=O) groups excluding carboxylic acids is 2. The number of hydrogen-bond acceptors (Lipinski definition) is 4. The van der Waals surface area contributed by atoms with Gasteiger partial charge in [0.1, 0.15) is 0 Å². The van der Waals surface area contributed by atoms with Crippen molar-refractivity contribution in [2.75, 3.05) is 33.3 Å². The van der Waals surface area contributed by atoms with Gasteiger partial charge < -0.3 is 19.1 Å². The van der Waals surface area contributed by atoms with Crippen LogP contribution in [-0.2, 0) is 4.74 Å². The van der Waals surface area contributed by atoms with Crippen LogP contribution in [0.3, 0.4) is 0 Å². The van der Waals surface area contributed by atoms with Crippen molar-refractivity contribution in [3.63, 3.8) is 0 Å². The van der Waals surface area contributed by atoms with Gasteiger partial charge in [0.05, 0.1) is 24.5 Å². The predicted octanol–water partition coefficient (Wildman–Crippen LogP) is 2.53. The van der Waals surface area contributed by atoms with E-state index < -0.39 is 0 Å². The molecule has 1 aliphatic rings. The smallest absolute Gasteiger partial charge is 0.409 e. The van der Waals surface area contributed by atoms with Crippen molar-refractivity contribution in [2.45, 2.75) is 26.3 Å². The number of methoxy groups -OCH3 is 1. The molecule has 1 fully saturated rings. The first-order valence-electron chi connectivity index (χ1n) is 8.60. The molecule has 1 aliphatic heterocycles. The third-order valence-corrected chi connectivity index (χ3v) is 4.59. The molecule has 25 heavy (non-hydrogen) atoms. The van der Waals surface area contributed by atoms with Gasteiger partial charge in [0.2, 0.25) is 0 Å². The van der Waals surface area contributed by atoms with Crippen molar-refractivity contribution < 1.29 is 14.3 Å². The molecule has 2 aromatic rings. The Balaban J connectivity index is 1.76. The minimum absolute atomic E-state index is 0.0206. The molecule has 0 N–H and O–H groups in total. The molecule has 0 bridgehead atoms. The van der Waals surface area contributed by atoms with Crippen LogP contribution in [0.1, 0.15) is 36.7 Å². The third-order valence-electron chi connectivity index (χ3n) is 4.59. The van der Waals surface area contributed by atoms with Crippen molar-refractivity contribution in [1.82, 2.24) is 19.4 Å². The Labute approximate surface area is 147 Å². The standard InChI is InChI=1S/C18H24N4O3/c1-13(2)22-12-19-15-11-14(5-6-16(15)22)17(23)20-7-4-8-21(10-9-20)18(24)25-3/h5-6,11-13H,4,7-10H2,1-3H3. The first-order chi connectivity index (χ1) is 12.0.